The Balaban J connectivity index is 2.28. The molecule has 2 atom stereocenters. The van der Waals surface area contributed by atoms with Gasteiger partial charge in [-0.3, -0.25) is 0 Å². The summed E-state index contributed by atoms with van der Waals surface area (Å²) in [4.78, 5) is 2.41. The average molecular weight is 375 g/mol. The molecule has 2 nitrogen and oxygen atoms in total. The maximum Gasteiger partial charge on any atom is 0.148 e. The Morgan fingerprint density at radius 2 is 2.10 bits per heavy atom. The first-order valence-electron chi connectivity index (χ1n) is 6.45. The largest absolute Gasteiger partial charge is 0.482 e. The van der Waals surface area contributed by atoms with Crippen molar-refractivity contribution >= 4 is 38.9 Å². The topological polar surface area (TPSA) is 35.2 Å². The summed E-state index contributed by atoms with van der Waals surface area (Å²) < 4.78 is 6.97. The SMILES string of the molecule is CCC(N)C(Oc1ccc(Cl)cc1Br)c1ccc(C)s1. The highest BCUT2D eigenvalue weighted by molar-refractivity contribution is 9.10. The Hall–Kier alpha value is -0.550. The van der Waals surface area contributed by atoms with Crippen LogP contribution >= 0.6 is 38.9 Å². The number of halogens is 2. The molecule has 20 heavy (non-hydrogen) atoms. The Morgan fingerprint density at radius 3 is 2.65 bits per heavy atom. The molecule has 0 bridgehead atoms. The highest BCUT2D eigenvalue weighted by Gasteiger charge is 2.23. The van der Waals surface area contributed by atoms with Crippen LogP contribution in [0.5, 0.6) is 5.75 Å². The van der Waals surface area contributed by atoms with Crippen LogP contribution in [0.15, 0.2) is 34.8 Å². The standard InChI is InChI=1S/C15H17BrClNOS/c1-3-12(18)15(14-7-4-9(2)20-14)19-13-6-5-10(17)8-11(13)16/h4-8,12,15H,3,18H2,1-2H3. The fourth-order valence-electron chi connectivity index (χ4n) is 1.88. The van der Waals surface area contributed by atoms with Crippen molar-refractivity contribution in [2.75, 3.05) is 0 Å². The van der Waals surface area contributed by atoms with Gasteiger partial charge in [0.05, 0.1) is 4.47 Å². The predicted molar refractivity (Wildman–Crippen MR) is 89.8 cm³/mol. The van der Waals surface area contributed by atoms with Crippen molar-refractivity contribution in [3.63, 3.8) is 0 Å². The van der Waals surface area contributed by atoms with Crippen LogP contribution in [-0.4, -0.2) is 6.04 Å². The Labute approximate surface area is 137 Å². The third-order valence-corrected chi connectivity index (χ3v) is 4.97. The summed E-state index contributed by atoms with van der Waals surface area (Å²) >= 11 is 11.2. The van der Waals surface area contributed by atoms with Crippen molar-refractivity contribution in [3.8, 4) is 5.75 Å². The second kappa shape index (κ2) is 6.94. The van der Waals surface area contributed by atoms with Crippen LogP contribution in [0, 0.1) is 6.92 Å². The van der Waals surface area contributed by atoms with Gasteiger partial charge in [0.2, 0.25) is 0 Å². The fourth-order valence-corrected chi connectivity index (χ4v) is 3.64. The summed E-state index contributed by atoms with van der Waals surface area (Å²) in [7, 11) is 0. The van der Waals surface area contributed by atoms with Gasteiger partial charge in [0, 0.05) is 20.8 Å². The van der Waals surface area contributed by atoms with E-state index in [1.807, 2.05) is 18.2 Å². The summed E-state index contributed by atoms with van der Waals surface area (Å²) in [6.45, 7) is 4.15. The monoisotopic (exact) mass is 373 g/mol. The first-order valence-corrected chi connectivity index (χ1v) is 8.43. The first-order chi connectivity index (χ1) is 9.51. The van der Waals surface area contributed by atoms with Gasteiger partial charge >= 0.3 is 0 Å². The van der Waals surface area contributed by atoms with Gasteiger partial charge in [-0.15, -0.1) is 11.3 Å². The minimum Gasteiger partial charge on any atom is -0.482 e. The second-order valence-corrected chi connectivity index (χ2v) is 7.24. The van der Waals surface area contributed by atoms with E-state index in [0.29, 0.717) is 5.02 Å². The maximum atomic E-state index is 6.23. The highest BCUT2D eigenvalue weighted by Crippen LogP contribution is 2.35. The molecule has 1 aromatic heterocycles. The minimum atomic E-state index is -0.142. The molecule has 2 rings (SSSR count). The van der Waals surface area contributed by atoms with Gasteiger partial charge in [-0.1, -0.05) is 18.5 Å². The number of benzene rings is 1. The van der Waals surface area contributed by atoms with Crippen molar-refractivity contribution in [2.24, 2.45) is 5.73 Å². The van der Waals surface area contributed by atoms with Crippen LogP contribution in [0.3, 0.4) is 0 Å². The van der Waals surface area contributed by atoms with E-state index in [1.165, 1.54) is 4.88 Å². The molecule has 2 aromatic rings. The third kappa shape index (κ3) is 3.76. The van der Waals surface area contributed by atoms with Gasteiger partial charge < -0.3 is 10.5 Å². The molecule has 1 heterocycles. The third-order valence-electron chi connectivity index (χ3n) is 3.05. The molecule has 5 heteroatoms. The summed E-state index contributed by atoms with van der Waals surface area (Å²) in [6.07, 6.45) is 0.712. The van der Waals surface area contributed by atoms with E-state index in [4.69, 9.17) is 22.1 Å². The Morgan fingerprint density at radius 1 is 1.35 bits per heavy atom. The second-order valence-electron chi connectivity index (χ2n) is 4.63. The zero-order valence-corrected chi connectivity index (χ0v) is 14.6. The van der Waals surface area contributed by atoms with Gasteiger partial charge in [0.25, 0.3) is 0 Å². The summed E-state index contributed by atoms with van der Waals surface area (Å²) in [5, 5.41) is 0.674. The molecule has 0 amide bonds. The minimum absolute atomic E-state index is 0.0457. The molecule has 2 N–H and O–H groups in total. The van der Waals surface area contributed by atoms with Crippen LogP contribution in [0.1, 0.15) is 29.2 Å². The predicted octanol–water partition coefficient (Wildman–Crippen LogP) is 5.33. The molecule has 0 fully saturated rings. The van der Waals surface area contributed by atoms with Gasteiger partial charge in [-0.2, -0.15) is 0 Å². The summed E-state index contributed by atoms with van der Waals surface area (Å²) in [6, 6.07) is 9.64. The molecule has 0 aliphatic rings. The van der Waals surface area contributed by atoms with Crippen molar-refractivity contribution in [1.29, 1.82) is 0 Å². The van der Waals surface area contributed by atoms with Crippen molar-refractivity contribution in [2.45, 2.75) is 32.4 Å². The van der Waals surface area contributed by atoms with Crippen LogP contribution in [0.2, 0.25) is 5.02 Å². The lowest BCUT2D eigenvalue weighted by Gasteiger charge is -2.24. The molecule has 0 saturated carbocycles. The van der Waals surface area contributed by atoms with Crippen LogP contribution < -0.4 is 10.5 Å². The molecule has 1 aromatic carbocycles. The van der Waals surface area contributed by atoms with E-state index in [0.717, 1.165) is 21.5 Å². The van der Waals surface area contributed by atoms with Gasteiger partial charge in [-0.25, -0.2) is 0 Å². The van der Waals surface area contributed by atoms with Gasteiger partial charge in [0.1, 0.15) is 11.9 Å². The lowest BCUT2D eigenvalue weighted by molar-refractivity contribution is 0.173. The molecular formula is C15H17BrClNOS. The average Bonchev–Trinajstić information content (AvgIpc) is 2.83. The normalized spacial score (nSPS) is 14.1. The lowest BCUT2D eigenvalue weighted by Crippen LogP contribution is -2.31. The fraction of sp³-hybridized carbons (Fsp3) is 0.333. The first kappa shape index (κ1) is 15.8. The van der Waals surface area contributed by atoms with Crippen LogP contribution in [0.4, 0.5) is 0 Å². The van der Waals surface area contributed by atoms with Crippen LogP contribution in [-0.2, 0) is 0 Å². The number of thiophene rings is 1. The molecule has 0 aliphatic heterocycles. The Bertz CT molecular complexity index is 587. The molecule has 0 saturated heterocycles. The highest BCUT2D eigenvalue weighted by atomic mass is 79.9. The molecule has 0 radical (unpaired) electrons. The Kier molecular flexibility index (Phi) is 5.49. The molecule has 108 valence electrons. The van der Waals surface area contributed by atoms with Crippen LogP contribution in [0.25, 0.3) is 0 Å². The van der Waals surface area contributed by atoms with E-state index in [9.17, 15) is 0 Å². The molecule has 0 aliphatic carbocycles. The van der Waals surface area contributed by atoms with Gasteiger partial charge in [-0.05, 0) is 59.6 Å². The number of nitrogens with two attached hydrogens (primary N) is 1. The maximum absolute atomic E-state index is 6.23. The zero-order valence-electron chi connectivity index (χ0n) is 11.4. The van der Waals surface area contributed by atoms with E-state index in [-0.39, 0.29) is 12.1 Å². The molecule has 0 spiro atoms. The van der Waals surface area contributed by atoms with Crippen molar-refractivity contribution < 1.29 is 4.74 Å². The molecule has 2 unspecified atom stereocenters. The smallest absolute Gasteiger partial charge is 0.148 e. The quantitative estimate of drug-likeness (QED) is 0.767. The van der Waals surface area contributed by atoms with E-state index >= 15 is 0 Å². The van der Waals surface area contributed by atoms with E-state index in [2.05, 4.69) is 41.9 Å². The summed E-state index contributed by atoms with van der Waals surface area (Å²) in [5.74, 6) is 0.759. The summed E-state index contributed by atoms with van der Waals surface area (Å²) in [5.41, 5.74) is 6.23. The van der Waals surface area contributed by atoms with Crippen molar-refractivity contribution in [1.82, 2.24) is 0 Å². The number of aryl methyl sites for hydroxylation is 1. The number of hydrogen-bond donors (Lipinski definition) is 1. The zero-order chi connectivity index (χ0) is 14.7. The van der Waals surface area contributed by atoms with E-state index < -0.39 is 0 Å². The number of rotatable bonds is 5. The van der Waals surface area contributed by atoms with Crippen molar-refractivity contribution in [3.05, 3.63) is 49.6 Å². The lowest BCUT2D eigenvalue weighted by atomic mass is 10.1. The number of ether oxygens (including phenoxy) is 1. The van der Waals surface area contributed by atoms with E-state index in [1.54, 1.807) is 11.3 Å². The van der Waals surface area contributed by atoms with Gasteiger partial charge in [0.15, 0.2) is 0 Å². The molecular weight excluding hydrogens is 358 g/mol. The number of hydrogen-bond acceptors (Lipinski definition) is 3.